The minimum Gasteiger partial charge on any atom is -0.341 e. The SMILES string of the molecule is N[C@@H](CCCCNS(=O)(=O)C1CCCCC1)C(=O)N1CCCC1. The van der Waals surface area contributed by atoms with Gasteiger partial charge in [-0.3, -0.25) is 4.79 Å². The molecule has 134 valence electrons. The molecular formula is C16H31N3O3S. The van der Waals surface area contributed by atoms with E-state index in [1.54, 1.807) is 0 Å². The molecule has 0 aromatic rings. The van der Waals surface area contributed by atoms with Crippen molar-refractivity contribution in [1.29, 1.82) is 0 Å². The van der Waals surface area contributed by atoms with Crippen molar-refractivity contribution in [1.82, 2.24) is 9.62 Å². The first-order valence-corrected chi connectivity index (χ1v) is 10.6. The van der Waals surface area contributed by atoms with E-state index in [2.05, 4.69) is 4.72 Å². The smallest absolute Gasteiger partial charge is 0.239 e. The zero-order chi connectivity index (χ0) is 16.7. The minimum absolute atomic E-state index is 0.0466. The summed E-state index contributed by atoms with van der Waals surface area (Å²) in [4.78, 5) is 13.9. The molecule has 3 N–H and O–H groups in total. The van der Waals surface area contributed by atoms with E-state index in [4.69, 9.17) is 5.73 Å². The van der Waals surface area contributed by atoms with E-state index in [9.17, 15) is 13.2 Å². The summed E-state index contributed by atoms with van der Waals surface area (Å²) in [5.74, 6) is 0.0466. The summed E-state index contributed by atoms with van der Waals surface area (Å²) < 4.78 is 27.1. The van der Waals surface area contributed by atoms with Crippen LogP contribution in [0.15, 0.2) is 0 Å². The lowest BCUT2D eigenvalue weighted by Crippen LogP contribution is -2.42. The predicted octanol–water partition coefficient (Wildman–Crippen LogP) is 1.36. The highest BCUT2D eigenvalue weighted by Crippen LogP contribution is 2.23. The normalized spacial score (nSPS) is 21.5. The Labute approximate surface area is 140 Å². The summed E-state index contributed by atoms with van der Waals surface area (Å²) in [6.45, 7) is 2.10. The number of nitrogens with two attached hydrogens (primary N) is 1. The molecule has 2 fully saturated rings. The Kier molecular flexibility index (Phi) is 7.30. The maximum absolute atomic E-state index is 12.2. The van der Waals surface area contributed by atoms with Gasteiger partial charge in [-0.1, -0.05) is 25.7 Å². The Morgan fingerprint density at radius 2 is 1.74 bits per heavy atom. The van der Waals surface area contributed by atoms with Crippen LogP contribution >= 0.6 is 0 Å². The number of hydrogen-bond acceptors (Lipinski definition) is 4. The molecule has 0 aromatic heterocycles. The van der Waals surface area contributed by atoms with Crippen molar-refractivity contribution in [3.05, 3.63) is 0 Å². The van der Waals surface area contributed by atoms with Gasteiger partial charge in [0.05, 0.1) is 11.3 Å². The van der Waals surface area contributed by atoms with Crippen LogP contribution in [0.2, 0.25) is 0 Å². The molecule has 0 spiro atoms. The topological polar surface area (TPSA) is 92.5 Å². The zero-order valence-corrected chi connectivity index (χ0v) is 14.8. The van der Waals surface area contributed by atoms with Crippen molar-refractivity contribution >= 4 is 15.9 Å². The van der Waals surface area contributed by atoms with Gasteiger partial charge in [0.2, 0.25) is 15.9 Å². The number of amides is 1. The van der Waals surface area contributed by atoms with Gasteiger partial charge in [-0.25, -0.2) is 13.1 Å². The fraction of sp³-hybridized carbons (Fsp3) is 0.938. The number of likely N-dealkylation sites (tertiary alicyclic amines) is 1. The van der Waals surface area contributed by atoms with Crippen LogP contribution in [0.5, 0.6) is 0 Å². The van der Waals surface area contributed by atoms with Crippen LogP contribution in [0, 0.1) is 0 Å². The van der Waals surface area contributed by atoms with Crippen molar-refractivity contribution in [3.8, 4) is 0 Å². The van der Waals surface area contributed by atoms with E-state index in [1.165, 1.54) is 0 Å². The molecule has 2 rings (SSSR count). The number of hydrogen-bond donors (Lipinski definition) is 2. The zero-order valence-electron chi connectivity index (χ0n) is 14.0. The Balaban J connectivity index is 1.60. The molecule has 7 heteroatoms. The van der Waals surface area contributed by atoms with Gasteiger partial charge in [0.15, 0.2) is 0 Å². The fourth-order valence-electron chi connectivity index (χ4n) is 3.49. The van der Waals surface area contributed by atoms with Gasteiger partial charge < -0.3 is 10.6 Å². The number of unbranched alkanes of at least 4 members (excludes halogenated alkanes) is 1. The lowest BCUT2D eigenvalue weighted by atomic mass is 10.0. The molecule has 1 amide bonds. The molecule has 1 aliphatic carbocycles. The van der Waals surface area contributed by atoms with E-state index in [1.807, 2.05) is 4.90 Å². The number of sulfonamides is 1. The average Bonchev–Trinajstić information content (AvgIpc) is 3.09. The maximum Gasteiger partial charge on any atom is 0.239 e. The summed E-state index contributed by atoms with van der Waals surface area (Å²) in [5.41, 5.74) is 5.95. The molecule has 1 aliphatic heterocycles. The van der Waals surface area contributed by atoms with Gasteiger partial charge in [0.25, 0.3) is 0 Å². The lowest BCUT2D eigenvalue weighted by Gasteiger charge is -2.22. The van der Waals surface area contributed by atoms with Crippen molar-refractivity contribution in [2.24, 2.45) is 5.73 Å². The summed E-state index contributed by atoms with van der Waals surface area (Å²) in [6.07, 6.45) is 9.01. The van der Waals surface area contributed by atoms with Crippen molar-refractivity contribution in [2.75, 3.05) is 19.6 Å². The molecule has 0 radical (unpaired) electrons. The summed E-state index contributed by atoms with van der Waals surface area (Å²) in [5, 5.41) is -0.213. The van der Waals surface area contributed by atoms with Gasteiger partial charge in [0.1, 0.15) is 0 Å². The third-order valence-corrected chi connectivity index (χ3v) is 6.93. The third kappa shape index (κ3) is 5.72. The highest BCUT2D eigenvalue weighted by atomic mass is 32.2. The van der Waals surface area contributed by atoms with Crippen LogP contribution in [0.3, 0.4) is 0 Å². The largest absolute Gasteiger partial charge is 0.341 e. The predicted molar refractivity (Wildman–Crippen MR) is 91.4 cm³/mol. The first-order valence-electron chi connectivity index (χ1n) is 9.03. The molecule has 0 unspecified atom stereocenters. The van der Waals surface area contributed by atoms with Crippen LogP contribution in [-0.2, 0) is 14.8 Å². The Bertz CT molecular complexity index is 469. The summed E-state index contributed by atoms with van der Waals surface area (Å²) in [6, 6.07) is -0.442. The van der Waals surface area contributed by atoms with Crippen molar-refractivity contribution in [2.45, 2.75) is 75.5 Å². The number of nitrogens with zero attached hydrogens (tertiary/aromatic N) is 1. The fourth-order valence-corrected chi connectivity index (χ4v) is 5.11. The minimum atomic E-state index is -3.17. The van der Waals surface area contributed by atoms with Gasteiger partial charge in [-0.2, -0.15) is 0 Å². The van der Waals surface area contributed by atoms with Gasteiger partial charge in [-0.15, -0.1) is 0 Å². The molecular weight excluding hydrogens is 314 g/mol. The standard InChI is InChI=1S/C16H31N3O3S/c17-15(16(20)19-12-6-7-13-19)10-4-5-11-18-23(21,22)14-8-2-1-3-9-14/h14-15,18H,1-13,17H2/t15-/m0/s1. The van der Waals surface area contributed by atoms with Gasteiger partial charge in [-0.05, 0) is 38.5 Å². The van der Waals surface area contributed by atoms with Crippen molar-refractivity contribution in [3.63, 3.8) is 0 Å². The van der Waals surface area contributed by atoms with E-state index < -0.39 is 16.1 Å². The molecule has 2 aliphatic rings. The Morgan fingerprint density at radius 3 is 2.39 bits per heavy atom. The quantitative estimate of drug-likeness (QED) is 0.650. The van der Waals surface area contributed by atoms with Crippen molar-refractivity contribution < 1.29 is 13.2 Å². The second kappa shape index (κ2) is 8.99. The number of nitrogens with one attached hydrogen (secondary N) is 1. The first-order chi connectivity index (χ1) is 11.0. The lowest BCUT2D eigenvalue weighted by molar-refractivity contribution is -0.131. The van der Waals surface area contributed by atoms with E-state index in [0.29, 0.717) is 13.0 Å². The molecule has 1 saturated heterocycles. The molecule has 1 atom stereocenters. The summed E-state index contributed by atoms with van der Waals surface area (Å²) in [7, 11) is -3.17. The highest BCUT2D eigenvalue weighted by Gasteiger charge is 2.26. The molecule has 1 saturated carbocycles. The maximum atomic E-state index is 12.2. The molecule has 0 bridgehead atoms. The average molecular weight is 346 g/mol. The van der Waals surface area contributed by atoms with Crippen LogP contribution in [-0.4, -0.2) is 50.2 Å². The molecule has 6 nitrogen and oxygen atoms in total. The highest BCUT2D eigenvalue weighted by molar-refractivity contribution is 7.90. The summed E-state index contributed by atoms with van der Waals surface area (Å²) >= 11 is 0. The molecule has 0 aromatic carbocycles. The van der Waals surface area contributed by atoms with Crippen LogP contribution in [0.4, 0.5) is 0 Å². The molecule has 23 heavy (non-hydrogen) atoms. The number of carbonyl (C=O) groups is 1. The second-order valence-electron chi connectivity index (χ2n) is 6.83. The molecule has 1 heterocycles. The number of carbonyl (C=O) groups excluding carboxylic acids is 1. The van der Waals surface area contributed by atoms with E-state index >= 15 is 0 Å². The third-order valence-electron chi connectivity index (χ3n) is 4.97. The van der Waals surface area contributed by atoms with Crippen LogP contribution in [0.1, 0.15) is 64.2 Å². The van der Waals surface area contributed by atoms with Gasteiger partial charge in [0, 0.05) is 19.6 Å². The second-order valence-corrected chi connectivity index (χ2v) is 8.88. The van der Waals surface area contributed by atoms with Crippen LogP contribution in [0.25, 0.3) is 0 Å². The Morgan fingerprint density at radius 1 is 1.09 bits per heavy atom. The first kappa shape index (κ1) is 18.7. The monoisotopic (exact) mass is 345 g/mol. The van der Waals surface area contributed by atoms with E-state index in [-0.39, 0.29) is 11.2 Å². The van der Waals surface area contributed by atoms with E-state index in [0.717, 1.165) is 70.9 Å². The van der Waals surface area contributed by atoms with Crippen LogP contribution < -0.4 is 10.5 Å². The number of rotatable bonds is 8. The Hall–Kier alpha value is -0.660. The van der Waals surface area contributed by atoms with Gasteiger partial charge >= 0.3 is 0 Å².